The van der Waals surface area contributed by atoms with Crippen LogP contribution in [0.4, 0.5) is 5.13 Å². The summed E-state index contributed by atoms with van der Waals surface area (Å²) in [6.45, 7) is 11.1. The number of anilines is 1. The summed E-state index contributed by atoms with van der Waals surface area (Å²) in [5.41, 5.74) is -0.605. The lowest BCUT2D eigenvalue weighted by Crippen LogP contribution is -2.44. The van der Waals surface area contributed by atoms with E-state index in [-0.39, 0.29) is 51.5 Å². The van der Waals surface area contributed by atoms with E-state index in [1.807, 2.05) is 0 Å². The standard InChI is InChI=1S/C30H33N3O8S/c1-7-40-28(39)26-15(4)32-29(42-26)33-10-8-17(9-11-33)31-14(3)20-18(35)12-19-30(6,27(20)38)22-24(37)13(2)23(36)21(16(5)34)25(22)41-19/h12,17,31,36-37H,7-11H2,1-6H3. The first-order valence-electron chi connectivity index (χ1n) is 13.8. The van der Waals surface area contributed by atoms with Crippen LogP contribution < -0.4 is 15.0 Å². The molecule has 0 saturated carbocycles. The second-order valence-electron chi connectivity index (χ2n) is 10.9. The van der Waals surface area contributed by atoms with Crippen LogP contribution in [0, 0.1) is 13.8 Å². The molecule has 1 aromatic heterocycles. The van der Waals surface area contributed by atoms with E-state index in [0.717, 1.165) is 5.13 Å². The Kier molecular flexibility index (Phi) is 7.38. The van der Waals surface area contributed by atoms with E-state index in [2.05, 4.69) is 15.2 Å². The zero-order chi connectivity index (χ0) is 30.7. The average molecular weight is 596 g/mol. The number of fused-ring (bicyclic) bond motifs is 3. The van der Waals surface area contributed by atoms with E-state index in [9.17, 15) is 29.4 Å². The van der Waals surface area contributed by atoms with Gasteiger partial charge in [0.1, 0.15) is 38.9 Å². The summed E-state index contributed by atoms with van der Waals surface area (Å²) in [5.74, 6) is -2.88. The third kappa shape index (κ3) is 4.44. The van der Waals surface area contributed by atoms with Gasteiger partial charge in [0.25, 0.3) is 0 Å². The summed E-state index contributed by atoms with van der Waals surface area (Å²) in [6, 6.07) is -0.0258. The predicted molar refractivity (Wildman–Crippen MR) is 154 cm³/mol. The van der Waals surface area contributed by atoms with Gasteiger partial charge in [0.05, 0.1) is 23.4 Å². The first-order chi connectivity index (χ1) is 19.8. The SMILES string of the molecule is CCOC(=O)c1sc(N2CCC(NC(C)=C3C(=O)C=C4Oc5c(C(C)=O)c(O)c(C)c(O)c5C4(C)C3=O)CC2)nc1C. The number of esters is 1. The van der Waals surface area contributed by atoms with Crippen LogP contribution >= 0.6 is 11.3 Å². The van der Waals surface area contributed by atoms with Crippen molar-refractivity contribution >= 4 is 39.8 Å². The summed E-state index contributed by atoms with van der Waals surface area (Å²) in [4.78, 5) is 59.0. The minimum Gasteiger partial charge on any atom is -0.507 e. The monoisotopic (exact) mass is 595 g/mol. The molecule has 5 rings (SSSR count). The number of ketones is 3. The molecule has 1 aliphatic carbocycles. The summed E-state index contributed by atoms with van der Waals surface area (Å²) >= 11 is 1.31. The third-order valence-electron chi connectivity index (χ3n) is 8.19. The van der Waals surface area contributed by atoms with Crippen molar-refractivity contribution in [2.24, 2.45) is 0 Å². The molecule has 2 aromatic rings. The number of Topliss-reactive ketones (excluding diaryl/α,β-unsaturated/α-hetero) is 2. The van der Waals surface area contributed by atoms with Crippen LogP contribution in [0.15, 0.2) is 23.1 Å². The number of aryl methyl sites for hydroxylation is 1. The lowest BCUT2D eigenvalue weighted by atomic mass is 9.70. The van der Waals surface area contributed by atoms with Gasteiger partial charge in [-0.25, -0.2) is 9.78 Å². The van der Waals surface area contributed by atoms with Crippen molar-refractivity contribution in [3.05, 3.63) is 50.4 Å². The zero-order valence-electron chi connectivity index (χ0n) is 24.3. The fourth-order valence-corrected chi connectivity index (χ4v) is 6.87. The number of phenols is 2. The third-order valence-corrected chi connectivity index (χ3v) is 9.39. The van der Waals surface area contributed by atoms with Gasteiger partial charge in [0.2, 0.25) is 0 Å². The maximum atomic E-state index is 14.0. The number of aromatic nitrogens is 1. The molecular formula is C30H33N3O8S. The van der Waals surface area contributed by atoms with Crippen molar-refractivity contribution in [3.63, 3.8) is 0 Å². The number of carbonyl (C=O) groups excluding carboxylic acids is 4. The number of carbonyl (C=O) groups is 4. The molecule has 1 aromatic carbocycles. The number of nitrogens with one attached hydrogen (secondary N) is 1. The van der Waals surface area contributed by atoms with Gasteiger partial charge in [-0.2, -0.15) is 0 Å². The van der Waals surface area contributed by atoms with Gasteiger partial charge >= 0.3 is 5.97 Å². The van der Waals surface area contributed by atoms with Gasteiger partial charge < -0.3 is 29.9 Å². The highest BCUT2D eigenvalue weighted by Crippen LogP contribution is 2.57. The lowest BCUT2D eigenvalue weighted by molar-refractivity contribution is -0.123. The summed E-state index contributed by atoms with van der Waals surface area (Å²) < 4.78 is 11.0. The van der Waals surface area contributed by atoms with Crippen molar-refractivity contribution in [1.29, 1.82) is 0 Å². The van der Waals surface area contributed by atoms with Crippen molar-refractivity contribution in [3.8, 4) is 17.2 Å². The minimum absolute atomic E-state index is 0.00101. The number of benzene rings is 1. The molecular weight excluding hydrogens is 562 g/mol. The van der Waals surface area contributed by atoms with Gasteiger partial charge in [-0.05, 0) is 54.4 Å². The topological polar surface area (TPSA) is 155 Å². The highest BCUT2D eigenvalue weighted by molar-refractivity contribution is 7.17. The zero-order valence-corrected chi connectivity index (χ0v) is 25.2. The molecule has 42 heavy (non-hydrogen) atoms. The number of phenolic OH excluding ortho intramolecular Hbond substituents is 2. The van der Waals surface area contributed by atoms with Crippen LogP contribution in [0.2, 0.25) is 0 Å². The molecule has 0 radical (unpaired) electrons. The average Bonchev–Trinajstić information content (AvgIpc) is 3.46. The van der Waals surface area contributed by atoms with E-state index in [4.69, 9.17) is 9.47 Å². The van der Waals surface area contributed by atoms with Crippen molar-refractivity contribution in [2.75, 3.05) is 24.6 Å². The second-order valence-corrected chi connectivity index (χ2v) is 11.9. The fraction of sp³-hybridized carbons (Fsp3) is 0.433. The lowest BCUT2D eigenvalue weighted by Gasteiger charge is -2.34. The van der Waals surface area contributed by atoms with E-state index < -0.39 is 28.5 Å². The number of ether oxygens (including phenoxy) is 2. The summed E-state index contributed by atoms with van der Waals surface area (Å²) in [7, 11) is 0. The second kappa shape index (κ2) is 10.6. The van der Waals surface area contributed by atoms with Gasteiger partial charge in [0.15, 0.2) is 22.5 Å². The molecule has 222 valence electrons. The Bertz CT molecular complexity index is 1610. The van der Waals surface area contributed by atoms with Crippen molar-refractivity contribution in [1.82, 2.24) is 10.3 Å². The first-order valence-corrected chi connectivity index (χ1v) is 14.6. The number of aromatic hydroxyl groups is 2. The van der Waals surface area contributed by atoms with E-state index in [1.165, 1.54) is 31.3 Å². The van der Waals surface area contributed by atoms with Crippen LogP contribution in [0.25, 0.3) is 0 Å². The smallest absolute Gasteiger partial charge is 0.350 e. The predicted octanol–water partition coefficient (Wildman–Crippen LogP) is 3.77. The minimum atomic E-state index is -1.56. The maximum Gasteiger partial charge on any atom is 0.350 e. The molecule has 0 amide bonds. The molecule has 1 atom stereocenters. The van der Waals surface area contributed by atoms with Crippen LogP contribution in [0.1, 0.15) is 77.4 Å². The fourth-order valence-electron chi connectivity index (χ4n) is 5.86. The van der Waals surface area contributed by atoms with Crippen LogP contribution in [-0.2, 0) is 19.7 Å². The number of piperidine rings is 1. The van der Waals surface area contributed by atoms with Gasteiger partial charge in [0, 0.05) is 36.5 Å². The molecule has 1 unspecified atom stereocenters. The van der Waals surface area contributed by atoms with Crippen LogP contribution in [0.5, 0.6) is 17.2 Å². The highest BCUT2D eigenvalue weighted by Gasteiger charge is 2.56. The van der Waals surface area contributed by atoms with Gasteiger partial charge in [-0.15, -0.1) is 0 Å². The Labute approximate surface area is 246 Å². The van der Waals surface area contributed by atoms with Gasteiger partial charge in [-0.3, -0.25) is 14.4 Å². The maximum absolute atomic E-state index is 14.0. The van der Waals surface area contributed by atoms with Gasteiger partial charge in [-0.1, -0.05) is 11.3 Å². The Morgan fingerprint density at radius 1 is 1.19 bits per heavy atom. The molecule has 2 aliphatic heterocycles. The Balaban J connectivity index is 1.38. The molecule has 3 heterocycles. The number of thiazole rings is 1. The van der Waals surface area contributed by atoms with E-state index >= 15 is 0 Å². The molecule has 3 N–H and O–H groups in total. The quantitative estimate of drug-likeness (QED) is 0.193. The number of hydrogen-bond donors (Lipinski definition) is 3. The number of rotatable bonds is 6. The van der Waals surface area contributed by atoms with Crippen molar-refractivity contribution < 1.29 is 38.9 Å². The Morgan fingerprint density at radius 2 is 1.86 bits per heavy atom. The summed E-state index contributed by atoms with van der Waals surface area (Å²) in [6.07, 6.45) is 2.62. The molecule has 0 bridgehead atoms. The molecule has 1 fully saturated rings. The Morgan fingerprint density at radius 3 is 2.48 bits per heavy atom. The van der Waals surface area contributed by atoms with Crippen molar-refractivity contribution in [2.45, 2.75) is 65.8 Å². The largest absolute Gasteiger partial charge is 0.507 e. The molecule has 0 spiro atoms. The normalized spacial score (nSPS) is 21.4. The molecule has 1 saturated heterocycles. The number of allylic oxidation sites excluding steroid dienone is 4. The first kappa shape index (κ1) is 29.3. The summed E-state index contributed by atoms with van der Waals surface area (Å²) in [5, 5.41) is 25.6. The van der Waals surface area contributed by atoms with Crippen LogP contribution in [0.3, 0.4) is 0 Å². The number of hydrogen-bond acceptors (Lipinski definition) is 12. The van der Waals surface area contributed by atoms with E-state index in [0.29, 0.717) is 48.8 Å². The van der Waals surface area contributed by atoms with E-state index in [1.54, 1.807) is 27.7 Å². The van der Waals surface area contributed by atoms with Crippen LogP contribution in [-0.4, -0.2) is 64.3 Å². The Hall–Kier alpha value is -4.19. The highest BCUT2D eigenvalue weighted by atomic mass is 32.1. The number of nitrogens with zero attached hydrogens (tertiary/aromatic N) is 2. The molecule has 11 nitrogen and oxygen atoms in total. The molecule has 3 aliphatic rings. The molecule has 12 heteroatoms.